The molecule has 0 bridgehead atoms. The van der Waals surface area contributed by atoms with Crippen molar-refractivity contribution >= 4 is 31.9 Å². The van der Waals surface area contributed by atoms with E-state index in [-0.39, 0.29) is 16.1 Å². The van der Waals surface area contributed by atoms with Gasteiger partial charge in [-0.3, -0.25) is 4.79 Å². The molecule has 0 unspecified atom stereocenters. The summed E-state index contributed by atoms with van der Waals surface area (Å²) in [5, 5.41) is 4.98. The fraction of sp³-hybridized carbons (Fsp3) is 0.462. The van der Waals surface area contributed by atoms with Crippen LogP contribution < -0.4 is 5.14 Å². The predicted octanol–water partition coefficient (Wildman–Crippen LogP) is 2.25. The largest absolute Gasteiger partial charge is 0.339 e. The van der Waals surface area contributed by atoms with E-state index in [1.165, 1.54) is 11.0 Å². The smallest absolute Gasteiger partial charge is 0.256 e. The van der Waals surface area contributed by atoms with E-state index < -0.39 is 26.6 Å². The van der Waals surface area contributed by atoms with Gasteiger partial charge >= 0.3 is 0 Å². The summed E-state index contributed by atoms with van der Waals surface area (Å²) < 4.78 is 37.4. The SMILES string of the molecule is CN(C(=O)c1cc(Br)cc(S(N)(=O)=O)c1F)C1CCCC1. The molecular weight excluding hydrogens is 363 g/mol. The van der Waals surface area contributed by atoms with Gasteiger partial charge in [-0.05, 0) is 25.0 Å². The molecule has 0 radical (unpaired) electrons. The number of halogens is 2. The maximum atomic E-state index is 14.3. The number of nitrogens with zero attached hydrogens (tertiary/aromatic N) is 1. The lowest BCUT2D eigenvalue weighted by Gasteiger charge is -2.24. The third kappa shape index (κ3) is 3.44. The zero-order valence-corrected chi connectivity index (χ0v) is 13.9. The highest BCUT2D eigenvalue weighted by Crippen LogP contribution is 2.27. The zero-order valence-electron chi connectivity index (χ0n) is 11.5. The summed E-state index contributed by atoms with van der Waals surface area (Å²) in [6.07, 6.45) is 3.82. The second kappa shape index (κ2) is 6.02. The first-order valence-electron chi connectivity index (χ1n) is 6.51. The fourth-order valence-electron chi connectivity index (χ4n) is 2.57. The molecule has 1 aliphatic rings. The Balaban J connectivity index is 2.44. The molecule has 0 heterocycles. The molecule has 1 aromatic carbocycles. The monoisotopic (exact) mass is 378 g/mol. The first kappa shape index (κ1) is 16.4. The summed E-state index contributed by atoms with van der Waals surface area (Å²) in [7, 11) is -2.63. The highest BCUT2D eigenvalue weighted by molar-refractivity contribution is 9.10. The lowest BCUT2D eigenvalue weighted by atomic mass is 10.1. The lowest BCUT2D eigenvalue weighted by Crippen LogP contribution is -2.36. The van der Waals surface area contributed by atoms with E-state index in [0.717, 1.165) is 31.7 Å². The fourth-order valence-corrected chi connectivity index (χ4v) is 3.83. The molecule has 21 heavy (non-hydrogen) atoms. The highest BCUT2D eigenvalue weighted by Gasteiger charge is 2.28. The molecule has 0 atom stereocenters. The average molecular weight is 379 g/mol. The van der Waals surface area contributed by atoms with Gasteiger partial charge in [0.2, 0.25) is 10.0 Å². The van der Waals surface area contributed by atoms with Crippen LogP contribution in [-0.2, 0) is 10.0 Å². The van der Waals surface area contributed by atoms with Crippen LogP contribution in [0.15, 0.2) is 21.5 Å². The van der Waals surface area contributed by atoms with Crippen LogP contribution in [0.4, 0.5) is 4.39 Å². The van der Waals surface area contributed by atoms with Crippen molar-refractivity contribution in [3.05, 3.63) is 28.0 Å². The van der Waals surface area contributed by atoms with Gasteiger partial charge in [-0.25, -0.2) is 17.9 Å². The van der Waals surface area contributed by atoms with Crippen LogP contribution in [0.3, 0.4) is 0 Å². The van der Waals surface area contributed by atoms with Gasteiger partial charge in [0.05, 0.1) is 5.56 Å². The maximum absolute atomic E-state index is 14.3. The standard InChI is InChI=1S/C13H16BrFN2O3S/c1-17(9-4-2-3-5-9)13(18)10-6-8(14)7-11(12(10)15)21(16,19)20/h6-7,9H,2-5H2,1H3,(H2,16,19,20). The van der Waals surface area contributed by atoms with E-state index in [1.54, 1.807) is 7.05 Å². The first-order chi connectivity index (χ1) is 9.71. The van der Waals surface area contributed by atoms with Crippen molar-refractivity contribution in [3.8, 4) is 0 Å². The third-order valence-electron chi connectivity index (χ3n) is 3.73. The van der Waals surface area contributed by atoms with Crippen molar-refractivity contribution < 1.29 is 17.6 Å². The maximum Gasteiger partial charge on any atom is 0.256 e. The minimum atomic E-state index is -4.23. The molecule has 0 aliphatic heterocycles. The predicted molar refractivity (Wildman–Crippen MR) is 79.8 cm³/mol. The Morgan fingerprint density at radius 1 is 1.38 bits per heavy atom. The van der Waals surface area contributed by atoms with E-state index in [1.807, 2.05) is 0 Å². The molecule has 0 saturated heterocycles. The summed E-state index contributed by atoms with van der Waals surface area (Å²) in [5.74, 6) is -1.64. The number of carbonyl (C=O) groups excluding carboxylic acids is 1. The normalized spacial score (nSPS) is 16.2. The van der Waals surface area contributed by atoms with Crippen molar-refractivity contribution in [2.75, 3.05) is 7.05 Å². The van der Waals surface area contributed by atoms with Gasteiger partial charge < -0.3 is 4.90 Å². The molecule has 1 saturated carbocycles. The number of rotatable bonds is 3. The van der Waals surface area contributed by atoms with Crippen molar-refractivity contribution in [3.63, 3.8) is 0 Å². The Bertz CT molecular complexity index is 672. The Morgan fingerprint density at radius 2 is 1.95 bits per heavy atom. The molecule has 116 valence electrons. The number of nitrogens with two attached hydrogens (primary N) is 1. The number of carbonyl (C=O) groups is 1. The van der Waals surface area contributed by atoms with Gasteiger partial charge in [0.15, 0.2) is 5.82 Å². The molecule has 0 aromatic heterocycles. The summed E-state index contributed by atoms with van der Waals surface area (Å²) in [6.45, 7) is 0. The average Bonchev–Trinajstić information content (AvgIpc) is 2.92. The van der Waals surface area contributed by atoms with Crippen LogP contribution in [0, 0.1) is 5.82 Å². The Labute approximate surface area is 131 Å². The van der Waals surface area contributed by atoms with Crippen LogP contribution in [0.25, 0.3) is 0 Å². The molecule has 5 nitrogen and oxygen atoms in total. The Hall–Kier alpha value is -0.990. The van der Waals surface area contributed by atoms with Crippen molar-refractivity contribution in [2.24, 2.45) is 5.14 Å². The zero-order chi connectivity index (χ0) is 15.8. The Kier molecular flexibility index (Phi) is 4.69. The third-order valence-corrected chi connectivity index (χ3v) is 5.10. The van der Waals surface area contributed by atoms with Gasteiger partial charge in [-0.2, -0.15) is 0 Å². The quantitative estimate of drug-likeness (QED) is 0.875. The molecule has 8 heteroatoms. The summed E-state index contributed by atoms with van der Waals surface area (Å²) in [6, 6.07) is 2.39. The molecule has 0 spiro atoms. The number of benzene rings is 1. The summed E-state index contributed by atoms with van der Waals surface area (Å²) in [5.41, 5.74) is -0.289. The van der Waals surface area contributed by atoms with Crippen molar-refractivity contribution in [1.82, 2.24) is 4.90 Å². The van der Waals surface area contributed by atoms with Crippen LogP contribution in [0.1, 0.15) is 36.0 Å². The number of hydrogen-bond donors (Lipinski definition) is 1. The van der Waals surface area contributed by atoms with Gasteiger partial charge in [-0.1, -0.05) is 28.8 Å². The second-order valence-electron chi connectivity index (χ2n) is 5.16. The molecule has 1 aromatic rings. The van der Waals surface area contributed by atoms with Crippen LogP contribution in [-0.4, -0.2) is 32.3 Å². The van der Waals surface area contributed by atoms with Gasteiger partial charge in [0.25, 0.3) is 5.91 Å². The number of primary sulfonamides is 1. The van der Waals surface area contributed by atoms with Gasteiger partial charge in [-0.15, -0.1) is 0 Å². The van der Waals surface area contributed by atoms with E-state index in [0.29, 0.717) is 0 Å². The summed E-state index contributed by atoms with van der Waals surface area (Å²) in [4.78, 5) is 13.2. The van der Waals surface area contributed by atoms with Crippen LogP contribution in [0.2, 0.25) is 0 Å². The number of amides is 1. The van der Waals surface area contributed by atoms with Gasteiger partial charge in [0.1, 0.15) is 4.90 Å². The van der Waals surface area contributed by atoms with Crippen LogP contribution >= 0.6 is 15.9 Å². The first-order valence-corrected chi connectivity index (χ1v) is 8.84. The molecule has 1 amide bonds. The second-order valence-corrected chi connectivity index (χ2v) is 7.61. The van der Waals surface area contributed by atoms with E-state index in [2.05, 4.69) is 15.9 Å². The summed E-state index contributed by atoms with van der Waals surface area (Å²) >= 11 is 3.08. The lowest BCUT2D eigenvalue weighted by molar-refractivity contribution is 0.0729. The Morgan fingerprint density at radius 3 is 2.48 bits per heavy atom. The molecule has 2 rings (SSSR count). The van der Waals surface area contributed by atoms with Crippen molar-refractivity contribution in [1.29, 1.82) is 0 Å². The molecule has 1 aliphatic carbocycles. The molecule has 1 fully saturated rings. The number of sulfonamides is 1. The van der Waals surface area contributed by atoms with Crippen molar-refractivity contribution in [2.45, 2.75) is 36.6 Å². The van der Waals surface area contributed by atoms with Crippen LogP contribution in [0.5, 0.6) is 0 Å². The van der Waals surface area contributed by atoms with E-state index >= 15 is 0 Å². The highest BCUT2D eigenvalue weighted by atomic mass is 79.9. The van der Waals surface area contributed by atoms with E-state index in [4.69, 9.17) is 5.14 Å². The topological polar surface area (TPSA) is 80.5 Å². The molecular formula is C13H16BrFN2O3S. The minimum Gasteiger partial charge on any atom is -0.339 e. The molecule has 2 N–H and O–H groups in total. The van der Waals surface area contributed by atoms with Gasteiger partial charge in [0, 0.05) is 17.6 Å². The van der Waals surface area contributed by atoms with E-state index in [9.17, 15) is 17.6 Å². The minimum absolute atomic E-state index is 0.0637. The number of hydrogen-bond acceptors (Lipinski definition) is 3.